The minimum atomic E-state index is 0.499. The highest BCUT2D eigenvalue weighted by Gasteiger charge is 2.20. The molecule has 0 fully saturated rings. The zero-order valence-corrected chi connectivity index (χ0v) is 26.7. The Labute approximate surface area is 287 Å². The zero-order chi connectivity index (χ0) is 33.8. The summed E-state index contributed by atoms with van der Waals surface area (Å²) in [4.78, 5) is 0. The summed E-state index contributed by atoms with van der Waals surface area (Å²) in [5.74, 6) is 0. The molecule has 2 heterocycles. The first-order valence-electron chi connectivity index (χ1n) is 16.3. The van der Waals surface area contributed by atoms with Crippen LogP contribution in [0.3, 0.4) is 0 Å². The van der Waals surface area contributed by atoms with Crippen LogP contribution >= 0.6 is 0 Å². The summed E-state index contributed by atoms with van der Waals surface area (Å²) in [5.41, 5.74) is 10.8. The van der Waals surface area contributed by atoms with Crippen LogP contribution in [0.15, 0.2) is 152 Å². The van der Waals surface area contributed by atoms with Crippen molar-refractivity contribution in [1.29, 1.82) is 15.8 Å². The van der Waals surface area contributed by atoms with Gasteiger partial charge < -0.3 is 9.13 Å². The molecule has 230 valence electrons. The van der Waals surface area contributed by atoms with E-state index in [1.165, 1.54) is 10.8 Å². The second-order valence-electron chi connectivity index (χ2n) is 12.3. The van der Waals surface area contributed by atoms with Crippen LogP contribution in [0, 0.1) is 34.0 Å². The van der Waals surface area contributed by atoms with Gasteiger partial charge in [0, 0.05) is 43.9 Å². The maximum absolute atomic E-state index is 10.8. The molecular formula is C45H25N5. The summed E-state index contributed by atoms with van der Waals surface area (Å²) in [6.07, 6.45) is 0. The number of rotatable bonds is 4. The minimum Gasteiger partial charge on any atom is -0.309 e. The van der Waals surface area contributed by atoms with Crippen LogP contribution in [0.5, 0.6) is 0 Å². The van der Waals surface area contributed by atoms with Crippen LogP contribution in [0.25, 0.3) is 77.2 Å². The predicted octanol–water partition coefficient (Wildman–Crippen LogP) is 10.8. The molecule has 0 atom stereocenters. The van der Waals surface area contributed by atoms with Crippen molar-refractivity contribution < 1.29 is 0 Å². The molecule has 5 heteroatoms. The third-order valence-corrected chi connectivity index (χ3v) is 9.63. The first kappa shape index (κ1) is 28.8. The van der Waals surface area contributed by atoms with Gasteiger partial charge in [-0.15, -0.1) is 0 Å². The number of nitrogens with zero attached hydrogens (tertiary/aromatic N) is 5. The van der Waals surface area contributed by atoms with Crippen molar-refractivity contribution in [3.63, 3.8) is 0 Å². The van der Waals surface area contributed by atoms with Crippen molar-refractivity contribution in [3.8, 4) is 51.8 Å². The monoisotopic (exact) mass is 635 g/mol. The fourth-order valence-corrected chi connectivity index (χ4v) is 7.47. The number of fused-ring (bicyclic) bond motifs is 6. The van der Waals surface area contributed by atoms with Crippen LogP contribution in [-0.4, -0.2) is 9.13 Å². The topological polar surface area (TPSA) is 81.2 Å². The normalized spacial score (nSPS) is 11.1. The number of hydrogen-bond acceptors (Lipinski definition) is 3. The van der Waals surface area contributed by atoms with Gasteiger partial charge >= 0.3 is 0 Å². The number of para-hydroxylation sites is 3. The third-order valence-electron chi connectivity index (χ3n) is 9.63. The van der Waals surface area contributed by atoms with Gasteiger partial charge in [-0.1, -0.05) is 84.9 Å². The van der Waals surface area contributed by atoms with E-state index in [0.717, 1.165) is 66.5 Å². The van der Waals surface area contributed by atoms with E-state index in [2.05, 4.69) is 100 Å². The first-order chi connectivity index (χ1) is 24.7. The van der Waals surface area contributed by atoms with E-state index >= 15 is 0 Å². The van der Waals surface area contributed by atoms with E-state index in [1.807, 2.05) is 78.9 Å². The number of aromatic nitrogens is 2. The van der Waals surface area contributed by atoms with Gasteiger partial charge in [-0.25, -0.2) is 0 Å². The predicted molar refractivity (Wildman–Crippen MR) is 200 cm³/mol. The molecule has 2 aromatic heterocycles. The van der Waals surface area contributed by atoms with Gasteiger partial charge in [0.1, 0.15) is 6.07 Å². The van der Waals surface area contributed by atoms with E-state index in [0.29, 0.717) is 16.7 Å². The lowest BCUT2D eigenvalue weighted by Gasteiger charge is -2.17. The minimum absolute atomic E-state index is 0.499. The van der Waals surface area contributed by atoms with Crippen molar-refractivity contribution in [2.24, 2.45) is 0 Å². The molecule has 0 bridgehead atoms. The Morgan fingerprint density at radius 2 is 0.940 bits per heavy atom. The highest BCUT2D eigenvalue weighted by atomic mass is 15.0. The maximum Gasteiger partial charge on any atom is 0.100 e. The van der Waals surface area contributed by atoms with Gasteiger partial charge in [0.2, 0.25) is 0 Å². The molecule has 9 aromatic rings. The van der Waals surface area contributed by atoms with Crippen LogP contribution < -0.4 is 0 Å². The molecule has 0 amide bonds. The van der Waals surface area contributed by atoms with E-state index in [1.54, 1.807) is 0 Å². The van der Waals surface area contributed by atoms with Crippen molar-refractivity contribution in [2.45, 2.75) is 0 Å². The Bertz CT molecular complexity index is 2920. The molecule has 0 aliphatic carbocycles. The van der Waals surface area contributed by atoms with Crippen LogP contribution in [0.1, 0.15) is 16.7 Å². The Morgan fingerprint density at radius 1 is 0.380 bits per heavy atom. The molecule has 0 radical (unpaired) electrons. The van der Waals surface area contributed by atoms with Gasteiger partial charge in [-0.2, -0.15) is 15.8 Å². The molecule has 9 rings (SSSR count). The Hall–Kier alpha value is -7.39. The number of hydrogen-bond donors (Lipinski definition) is 0. The molecule has 5 nitrogen and oxygen atoms in total. The molecule has 0 aliphatic rings. The van der Waals surface area contributed by atoms with Gasteiger partial charge in [-0.3, -0.25) is 0 Å². The Balaban J connectivity index is 1.27. The van der Waals surface area contributed by atoms with Crippen molar-refractivity contribution in [2.75, 3.05) is 0 Å². The van der Waals surface area contributed by atoms with Crippen LogP contribution in [0.2, 0.25) is 0 Å². The first-order valence-corrected chi connectivity index (χ1v) is 16.3. The second kappa shape index (κ2) is 11.4. The van der Waals surface area contributed by atoms with E-state index < -0.39 is 0 Å². The van der Waals surface area contributed by atoms with Crippen molar-refractivity contribution in [3.05, 3.63) is 168 Å². The van der Waals surface area contributed by atoms with Crippen LogP contribution in [-0.2, 0) is 0 Å². The van der Waals surface area contributed by atoms with E-state index in [9.17, 15) is 15.8 Å². The zero-order valence-electron chi connectivity index (χ0n) is 26.7. The molecule has 0 aliphatic heterocycles. The second-order valence-corrected chi connectivity index (χ2v) is 12.3. The van der Waals surface area contributed by atoms with Crippen LogP contribution in [0.4, 0.5) is 0 Å². The molecular weight excluding hydrogens is 611 g/mol. The van der Waals surface area contributed by atoms with Crippen molar-refractivity contribution >= 4 is 43.6 Å². The molecule has 0 spiro atoms. The number of benzene rings is 7. The standard InChI is InChI=1S/C45H25N5/c46-26-29-19-21-44(50-43-18-6-3-13-37(43)39-24-30(27-47)20-22-45(39)50)38(23-29)34-15-8-14-33(40(34)28-48)31-9-7-10-32(25-31)49-41-16-4-1-11-35(41)36-12-2-5-17-42(36)49/h1-25H. The summed E-state index contributed by atoms with van der Waals surface area (Å²) in [7, 11) is 0. The molecule has 0 saturated heterocycles. The maximum atomic E-state index is 10.8. The van der Waals surface area contributed by atoms with Gasteiger partial charge in [-0.05, 0) is 72.3 Å². The fourth-order valence-electron chi connectivity index (χ4n) is 7.47. The largest absolute Gasteiger partial charge is 0.309 e. The summed E-state index contributed by atoms with van der Waals surface area (Å²) in [5, 5.41) is 34.9. The smallest absolute Gasteiger partial charge is 0.100 e. The lowest BCUT2D eigenvalue weighted by Crippen LogP contribution is -2.00. The summed E-state index contributed by atoms with van der Waals surface area (Å²) in [6, 6.07) is 57.7. The molecule has 0 N–H and O–H groups in total. The average molecular weight is 636 g/mol. The lowest BCUT2D eigenvalue weighted by atomic mass is 9.90. The molecule has 7 aromatic carbocycles. The Morgan fingerprint density at radius 3 is 1.62 bits per heavy atom. The summed E-state index contributed by atoms with van der Waals surface area (Å²) < 4.78 is 4.44. The number of nitriles is 3. The van der Waals surface area contributed by atoms with Gasteiger partial charge in [0.15, 0.2) is 0 Å². The van der Waals surface area contributed by atoms with E-state index in [4.69, 9.17) is 0 Å². The summed E-state index contributed by atoms with van der Waals surface area (Å²) in [6.45, 7) is 0. The quantitative estimate of drug-likeness (QED) is 0.193. The van der Waals surface area contributed by atoms with Crippen molar-refractivity contribution in [1.82, 2.24) is 9.13 Å². The molecule has 0 unspecified atom stereocenters. The Kier molecular flexibility index (Phi) is 6.56. The fraction of sp³-hybridized carbons (Fsp3) is 0. The highest BCUT2D eigenvalue weighted by Crippen LogP contribution is 2.40. The summed E-state index contributed by atoms with van der Waals surface area (Å²) >= 11 is 0. The highest BCUT2D eigenvalue weighted by molar-refractivity contribution is 6.11. The SMILES string of the molecule is N#Cc1ccc(-n2c3ccccc3c3cc(C#N)ccc32)c(-c2cccc(-c3cccc(-n4c5ccccc5c5ccccc54)c3)c2C#N)c1. The van der Waals surface area contributed by atoms with Gasteiger partial charge in [0.25, 0.3) is 0 Å². The average Bonchev–Trinajstić information content (AvgIpc) is 3.70. The van der Waals surface area contributed by atoms with Gasteiger partial charge in [0.05, 0.1) is 56.6 Å². The van der Waals surface area contributed by atoms with E-state index in [-0.39, 0.29) is 0 Å². The lowest BCUT2D eigenvalue weighted by molar-refractivity contribution is 1.18. The molecule has 50 heavy (non-hydrogen) atoms. The molecule has 0 saturated carbocycles. The third kappa shape index (κ3) is 4.31.